The number of carbonyl (C=O) groups is 1. The van der Waals surface area contributed by atoms with E-state index in [0.29, 0.717) is 17.8 Å². The van der Waals surface area contributed by atoms with Crippen LogP contribution in [0.15, 0.2) is 30.6 Å². The van der Waals surface area contributed by atoms with Gasteiger partial charge in [0.15, 0.2) is 0 Å². The lowest BCUT2D eigenvalue weighted by molar-refractivity contribution is 0.102. The van der Waals surface area contributed by atoms with Crippen LogP contribution >= 0.6 is 0 Å². The van der Waals surface area contributed by atoms with Gasteiger partial charge in [-0.15, -0.1) is 0 Å². The molecule has 0 saturated heterocycles. The predicted octanol–water partition coefficient (Wildman–Crippen LogP) is 1.84. The highest BCUT2D eigenvalue weighted by Gasteiger charge is 2.13. The molecule has 2 aromatic heterocycles. The van der Waals surface area contributed by atoms with Gasteiger partial charge in [-0.1, -0.05) is 0 Å². The highest BCUT2D eigenvalue weighted by molar-refractivity contribution is 6.07. The summed E-state index contributed by atoms with van der Waals surface area (Å²) in [4.78, 5) is 16.2. The standard InChI is InChI=1S/C12H13N3O/c1-3-15-11(6-7-14-15)12(16)10-5-4-9(2)13-8-10/h4-8H,3H2,1-2H3. The first-order valence-electron chi connectivity index (χ1n) is 5.21. The molecule has 0 spiro atoms. The molecular weight excluding hydrogens is 202 g/mol. The van der Waals surface area contributed by atoms with E-state index in [0.717, 1.165) is 5.69 Å². The van der Waals surface area contributed by atoms with Gasteiger partial charge in [-0.25, -0.2) is 0 Å². The fourth-order valence-corrected chi connectivity index (χ4v) is 1.53. The molecule has 2 heterocycles. The van der Waals surface area contributed by atoms with Crippen LogP contribution in [0.3, 0.4) is 0 Å². The van der Waals surface area contributed by atoms with Crippen molar-refractivity contribution in [2.45, 2.75) is 20.4 Å². The van der Waals surface area contributed by atoms with Crippen LogP contribution < -0.4 is 0 Å². The number of hydrogen-bond donors (Lipinski definition) is 0. The maximum Gasteiger partial charge on any atom is 0.212 e. The summed E-state index contributed by atoms with van der Waals surface area (Å²) in [5.41, 5.74) is 2.11. The molecule has 0 saturated carbocycles. The lowest BCUT2D eigenvalue weighted by Gasteiger charge is -2.03. The fraction of sp³-hybridized carbons (Fsp3) is 0.250. The maximum atomic E-state index is 12.1. The smallest absolute Gasteiger partial charge is 0.212 e. The first-order chi connectivity index (χ1) is 7.72. The van der Waals surface area contributed by atoms with E-state index in [1.165, 1.54) is 0 Å². The highest BCUT2D eigenvalue weighted by atomic mass is 16.1. The third-order valence-corrected chi connectivity index (χ3v) is 2.42. The average molecular weight is 215 g/mol. The van der Waals surface area contributed by atoms with Gasteiger partial charge in [0.05, 0.1) is 0 Å². The SMILES string of the molecule is CCn1nccc1C(=O)c1ccc(C)nc1. The number of ketones is 1. The Labute approximate surface area is 93.9 Å². The number of pyridine rings is 1. The van der Waals surface area contributed by atoms with E-state index >= 15 is 0 Å². The quantitative estimate of drug-likeness (QED) is 0.734. The van der Waals surface area contributed by atoms with Crippen molar-refractivity contribution >= 4 is 5.78 Å². The molecule has 0 fully saturated rings. The molecule has 0 aliphatic rings. The number of carbonyl (C=O) groups excluding carboxylic acids is 1. The second-order valence-corrected chi connectivity index (χ2v) is 3.55. The van der Waals surface area contributed by atoms with Gasteiger partial charge in [-0.2, -0.15) is 5.10 Å². The molecule has 0 bridgehead atoms. The minimum Gasteiger partial charge on any atom is -0.287 e. The summed E-state index contributed by atoms with van der Waals surface area (Å²) in [5, 5.41) is 4.07. The lowest BCUT2D eigenvalue weighted by Crippen LogP contribution is -2.10. The summed E-state index contributed by atoms with van der Waals surface area (Å²) in [6.07, 6.45) is 3.24. The van der Waals surface area contributed by atoms with Gasteiger partial charge in [0.1, 0.15) is 5.69 Å². The van der Waals surface area contributed by atoms with Crippen LogP contribution in [-0.4, -0.2) is 20.5 Å². The van der Waals surface area contributed by atoms with Crippen molar-refractivity contribution < 1.29 is 4.79 Å². The second kappa shape index (κ2) is 4.26. The van der Waals surface area contributed by atoms with E-state index in [1.54, 1.807) is 29.2 Å². The zero-order valence-electron chi connectivity index (χ0n) is 9.34. The van der Waals surface area contributed by atoms with Crippen LogP contribution in [0.1, 0.15) is 28.7 Å². The summed E-state index contributed by atoms with van der Waals surface area (Å²) in [6, 6.07) is 5.35. The van der Waals surface area contributed by atoms with Crippen LogP contribution in [-0.2, 0) is 6.54 Å². The molecule has 0 unspecified atom stereocenters. The van der Waals surface area contributed by atoms with Gasteiger partial charge in [0, 0.05) is 30.2 Å². The van der Waals surface area contributed by atoms with Gasteiger partial charge < -0.3 is 0 Å². The largest absolute Gasteiger partial charge is 0.287 e. The Kier molecular flexibility index (Phi) is 2.81. The van der Waals surface area contributed by atoms with Crippen molar-refractivity contribution in [1.82, 2.24) is 14.8 Å². The van der Waals surface area contributed by atoms with Crippen LogP contribution in [0.25, 0.3) is 0 Å². The third-order valence-electron chi connectivity index (χ3n) is 2.42. The predicted molar refractivity (Wildman–Crippen MR) is 60.3 cm³/mol. The van der Waals surface area contributed by atoms with Gasteiger partial charge in [-0.05, 0) is 32.0 Å². The monoisotopic (exact) mass is 215 g/mol. The van der Waals surface area contributed by atoms with Crippen molar-refractivity contribution in [3.05, 3.63) is 47.5 Å². The Morgan fingerprint density at radius 2 is 2.19 bits per heavy atom. The van der Waals surface area contributed by atoms with E-state index in [9.17, 15) is 4.79 Å². The molecule has 4 nitrogen and oxygen atoms in total. The molecule has 0 radical (unpaired) electrons. The zero-order valence-corrected chi connectivity index (χ0v) is 9.34. The van der Waals surface area contributed by atoms with Gasteiger partial charge >= 0.3 is 0 Å². The normalized spacial score (nSPS) is 10.4. The Morgan fingerprint density at radius 3 is 2.81 bits per heavy atom. The molecule has 4 heteroatoms. The molecule has 0 aromatic carbocycles. The molecule has 2 rings (SSSR count). The Hall–Kier alpha value is -1.97. The Morgan fingerprint density at radius 1 is 1.38 bits per heavy atom. The average Bonchev–Trinajstić information content (AvgIpc) is 2.77. The number of hydrogen-bond acceptors (Lipinski definition) is 3. The van der Waals surface area contributed by atoms with Crippen molar-refractivity contribution in [1.29, 1.82) is 0 Å². The van der Waals surface area contributed by atoms with Crippen molar-refractivity contribution in [3.8, 4) is 0 Å². The van der Waals surface area contributed by atoms with Gasteiger partial charge in [0.25, 0.3) is 0 Å². The van der Waals surface area contributed by atoms with Crippen LogP contribution in [0.4, 0.5) is 0 Å². The van der Waals surface area contributed by atoms with E-state index in [4.69, 9.17) is 0 Å². The molecule has 0 aliphatic carbocycles. The first kappa shape index (κ1) is 10.5. The molecule has 82 valence electrons. The van der Waals surface area contributed by atoms with Crippen LogP contribution in [0, 0.1) is 6.92 Å². The molecule has 0 N–H and O–H groups in total. The zero-order chi connectivity index (χ0) is 11.5. The molecule has 2 aromatic rings. The third kappa shape index (κ3) is 1.86. The summed E-state index contributed by atoms with van der Waals surface area (Å²) < 4.78 is 1.68. The van der Waals surface area contributed by atoms with Crippen molar-refractivity contribution in [3.63, 3.8) is 0 Å². The van der Waals surface area contributed by atoms with Gasteiger partial charge in [0.2, 0.25) is 5.78 Å². The molecule has 0 atom stereocenters. The van der Waals surface area contributed by atoms with Gasteiger partial charge in [-0.3, -0.25) is 14.5 Å². The summed E-state index contributed by atoms with van der Waals surface area (Å²) >= 11 is 0. The van der Waals surface area contributed by atoms with Crippen LogP contribution in [0.2, 0.25) is 0 Å². The molecule has 0 amide bonds. The maximum absolute atomic E-state index is 12.1. The van der Waals surface area contributed by atoms with Crippen LogP contribution in [0.5, 0.6) is 0 Å². The van der Waals surface area contributed by atoms with E-state index in [-0.39, 0.29) is 5.78 Å². The number of rotatable bonds is 3. The summed E-state index contributed by atoms with van der Waals surface area (Å²) in [5.74, 6) is -0.0353. The van der Waals surface area contributed by atoms with E-state index < -0.39 is 0 Å². The Balaban J connectivity index is 2.35. The number of aryl methyl sites for hydroxylation is 2. The topological polar surface area (TPSA) is 47.8 Å². The molecule has 0 aliphatic heterocycles. The van der Waals surface area contributed by atoms with Crippen molar-refractivity contribution in [2.75, 3.05) is 0 Å². The highest BCUT2D eigenvalue weighted by Crippen LogP contribution is 2.09. The van der Waals surface area contributed by atoms with E-state index in [2.05, 4.69) is 10.1 Å². The fourth-order valence-electron chi connectivity index (χ4n) is 1.53. The summed E-state index contributed by atoms with van der Waals surface area (Å²) in [6.45, 7) is 4.54. The second-order valence-electron chi connectivity index (χ2n) is 3.55. The lowest BCUT2D eigenvalue weighted by atomic mass is 10.1. The minimum absolute atomic E-state index is 0.0353. The summed E-state index contributed by atoms with van der Waals surface area (Å²) in [7, 11) is 0. The molecule has 16 heavy (non-hydrogen) atoms. The number of aromatic nitrogens is 3. The van der Waals surface area contributed by atoms with E-state index in [1.807, 2.05) is 19.9 Å². The molecular formula is C12H13N3O. The van der Waals surface area contributed by atoms with Crippen molar-refractivity contribution in [2.24, 2.45) is 0 Å². The Bertz CT molecular complexity index is 499. The first-order valence-corrected chi connectivity index (χ1v) is 5.21. The number of nitrogens with zero attached hydrogens (tertiary/aromatic N) is 3. The minimum atomic E-state index is -0.0353.